The Morgan fingerprint density at radius 1 is 1.12 bits per heavy atom. The van der Waals surface area contributed by atoms with Crippen molar-refractivity contribution in [1.29, 1.82) is 0 Å². The van der Waals surface area contributed by atoms with Crippen LogP contribution < -0.4 is 10.1 Å². The number of alkyl halides is 2. The molecule has 0 aliphatic carbocycles. The molecule has 0 aromatic heterocycles. The lowest BCUT2D eigenvalue weighted by atomic mass is 9.97. The molecule has 0 amide bonds. The summed E-state index contributed by atoms with van der Waals surface area (Å²) in [6, 6.07) is 7.39. The third-order valence-corrected chi connectivity index (χ3v) is 4.17. The summed E-state index contributed by atoms with van der Waals surface area (Å²) in [5.41, 5.74) is 0.890. The van der Waals surface area contributed by atoms with E-state index in [1.807, 2.05) is 12.1 Å². The third kappa shape index (κ3) is 7.09. The lowest BCUT2D eigenvalue weighted by Crippen LogP contribution is -2.45. The summed E-state index contributed by atoms with van der Waals surface area (Å²) in [6.07, 6.45) is 4.41. The molecule has 1 fully saturated rings. The zero-order chi connectivity index (χ0) is 15.8. The number of unbranched alkanes of at least 4 members (excludes halogenated alkanes) is 2. The summed E-state index contributed by atoms with van der Waals surface area (Å²) in [7, 11) is 0. The van der Waals surface area contributed by atoms with Crippen LogP contribution >= 0.6 is 24.8 Å². The van der Waals surface area contributed by atoms with Gasteiger partial charge in [0.2, 0.25) is 0 Å². The Labute approximate surface area is 156 Å². The van der Waals surface area contributed by atoms with Crippen molar-refractivity contribution in [2.75, 3.05) is 26.2 Å². The number of rotatable bonds is 8. The van der Waals surface area contributed by atoms with Crippen molar-refractivity contribution in [2.45, 2.75) is 45.3 Å². The van der Waals surface area contributed by atoms with E-state index in [1.54, 1.807) is 12.1 Å². The van der Waals surface area contributed by atoms with Crippen molar-refractivity contribution in [3.63, 3.8) is 0 Å². The molecule has 2 rings (SSSR count). The van der Waals surface area contributed by atoms with Crippen LogP contribution in [0.4, 0.5) is 8.78 Å². The predicted molar refractivity (Wildman–Crippen MR) is 98.9 cm³/mol. The fourth-order valence-electron chi connectivity index (χ4n) is 3.08. The SMILES string of the molecule is CCCCC[C@@H](c1ccccc1OC(F)F)N1CCNCC1.Cl.Cl. The van der Waals surface area contributed by atoms with Crippen molar-refractivity contribution in [1.82, 2.24) is 10.2 Å². The molecule has 1 saturated heterocycles. The van der Waals surface area contributed by atoms with Gasteiger partial charge in [0.1, 0.15) is 5.75 Å². The largest absolute Gasteiger partial charge is 0.434 e. The molecule has 0 unspecified atom stereocenters. The maximum atomic E-state index is 12.7. The number of hydrogen-bond acceptors (Lipinski definition) is 3. The van der Waals surface area contributed by atoms with E-state index in [-0.39, 0.29) is 30.9 Å². The molecular formula is C17H28Cl2F2N2O. The number of hydrogen-bond donors (Lipinski definition) is 1. The highest BCUT2D eigenvalue weighted by molar-refractivity contribution is 5.85. The van der Waals surface area contributed by atoms with Crippen molar-refractivity contribution in [3.05, 3.63) is 29.8 Å². The highest BCUT2D eigenvalue weighted by Crippen LogP contribution is 2.34. The monoisotopic (exact) mass is 384 g/mol. The minimum absolute atomic E-state index is 0. The van der Waals surface area contributed by atoms with Gasteiger partial charge in [-0.1, -0.05) is 44.4 Å². The molecule has 0 saturated carbocycles. The normalized spacial score (nSPS) is 16.2. The maximum Gasteiger partial charge on any atom is 0.387 e. The summed E-state index contributed by atoms with van der Waals surface area (Å²) < 4.78 is 30.1. The Kier molecular flexibility index (Phi) is 12.4. The van der Waals surface area contributed by atoms with E-state index in [0.29, 0.717) is 5.75 Å². The fraction of sp³-hybridized carbons (Fsp3) is 0.647. The van der Waals surface area contributed by atoms with Crippen LogP contribution in [-0.2, 0) is 0 Å². The summed E-state index contributed by atoms with van der Waals surface area (Å²) in [5, 5.41) is 3.34. The third-order valence-electron chi connectivity index (χ3n) is 4.17. The van der Waals surface area contributed by atoms with Gasteiger partial charge in [-0.3, -0.25) is 4.90 Å². The molecular weight excluding hydrogens is 357 g/mol. The van der Waals surface area contributed by atoms with Crippen molar-refractivity contribution >= 4 is 24.8 Å². The molecule has 7 heteroatoms. The molecule has 0 bridgehead atoms. The van der Waals surface area contributed by atoms with Gasteiger partial charge in [-0.05, 0) is 12.5 Å². The van der Waals surface area contributed by atoms with E-state index < -0.39 is 6.61 Å². The van der Waals surface area contributed by atoms with Crippen LogP contribution in [0.1, 0.15) is 44.2 Å². The molecule has 24 heavy (non-hydrogen) atoms. The van der Waals surface area contributed by atoms with E-state index in [9.17, 15) is 8.78 Å². The van der Waals surface area contributed by atoms with E-state index in [2.05, 4.69) is 17.1 Å². The molecule has 1 aliphatic heterocycles. The summed E-state index contributed by atoms with van der Waals surface area (Å²) in [4.78, 5) is 2.39. The number of piperazine rings is 1. The average Bonchev–Trinajstić information content (AvgIpc) is 2.53. The molecule has 1 heterocycles. The average molecular weight is 385 g/mol. The molecule has 0 radical (unpaired) electrons. The Hall–Kier alpha value is -0.620. The Bertz CT molecular complexity index is 446. The number of nitrogens with zero attached hydrogens (tertiary/aromatic N) is 1. The summed E-state index contributed by atoms with van der Waals surface area (Å²) >= 11 is 0. The minimum Gasteiger partial charge on any atom is -0.434 e. The van der Waals surface area contributed by atoms with Crippen LogP contribution in [-0.4, -0.2) is 37.7 Å². The van der Waals surface area contributed by atoms with Crippen LogP contribution in [0.25, 0.3) is 0 Å². The van der Waals surface area contributed by atoms with E-state index in [4.69, 9.17) is 4.74 Å². The Morgan fingerprint density at radius 3 is 2.42 bits per heavy atom. The lowest BCUT2D eigenvalue weighted by molar-refractivity contribution is -0.0513. The first-order chi connectivity index (χ1) is 10.7. The number of ether oxygens (including phenoxy) is 1. The van der Waals surface area contributed by atoms with Crippen LogP contribution in [0.3, 0.4) is 0 Å². The van der Waals surface area contributed by atoms with Crippen LogP contribution in [0, 0.1) is 0 Å². The number of nitrogens with one attached hydrogen (secondary N) is 1. The fourth-order valence-corrected chi connectivity index (χ4v) is 3.08. The van der Waals surface area contributed by atoms with Gasteiger partial charge in [0.05, 0.1) is 0 Å². The van der Waals surface area contributed by atoms with Crippen LogP contribution in [0.15, 0.2) is 24.3 Å². The molecule has 1 aromatic carbocycles. The van der Waals surface area contributed by atoms with Crippen LogP contribution in [0.2, 0.25) is 0 Å². The van der Waals surface area contributed by atoms with E-state index >= 15 is 0 Å². The van der Waals surface area contributed by atoms with Gasteiger partial charge in [0, 0.05) is 37.8 Å². The van der Waals surface area contributed by atoms with Gasteiger partial charge in [-0.2, -0.15) is 8.78 Å². The topological polar surface area (TPSA) is 24.5 Å². The summed E-state index contributed by atoms with van der Waals surface area (Å²) in [6.45, 7) is 3.18. The maximum absolute atomic E-state index is 12.7. The van der Waals surface area contributed by atoms with Gasteiger partial charge in [0.15, 0.2) is 0 Å². The van der Waals surface area contributed by atoms with Gasteiger partial charge in [-0.25, -0.2) is 0 Å². The molecule has 1 aliphatic rings. The number of para-hydroxylation sites is 1. The second-order valence-electron chi connectivity index (χ2n) is 5.71. The molecule has 0 spiro atoms. The van der Waals surface area contributed by atoms with Gasteiger partial charge in [-0.15, -0.1) is 24.8 Å². The molecule has 1 atom stereocenters. The Morgan fingerprint density at radius 2 is 1.79 bits per heavy atom. The number of halogens is 4. The van der Waals surface area contributed by atoms with E-state index in [1.165, 1.54) is 6.42 Å². The molecule has 3 nitrogen and oxygen atoms in total. The standard InChI is InChI=1S/C17H26F2N2O.2ClH/c1-2-3-4-8-15(21-12-10-20-11-13-21)14-7-5-6-9-16(14)22-17(18)19;;/h5-7,9,15,17,20H,2-4,8,10-13H2,1H3;2*1H/t15-;;/m0../s1. The second-order valence-corrected chi connectivity index (χ2v) is 5.71. The van der Waals surface area contributed by atoms with Gasteiger partial charge in [0.25, 0.3) is 0 Å². The van der Waals surface area contributed by atoms with Crippen molar-refractivity contribution in [2.24, 2.45) is 0 Å². The highest BCUT2D eigenvalue weighted by Gasteiger charge is 2.25. The zero-order valence-electron chi connectivity index (χ0n) is 14.0. The molecule has 1 aromatic rings. The number of benzene rings is 1. The quantitative estimate of drug-likeness (QED) is 0.659. The van der Waals surface area contributed by atoms with E-state index in [0.717, 1.165) is 51.0 Å². The van der Waals surface area contributed by atoms with Gasteiger partial charge < -0.3 is 10.1 Å². The zero-order valence-corrected chi connectivity index (χ0v) is 15.7. The highest BCUT2D eigenvalue weighted by atomic mass is 35.5. The molecule has 140 valence electrons. The minimum atomic E-state index is -2.78. The first-order valence-electron chi connectivity index (χ1n) is 8.21. The second kappa shape index (κ2) is 12.7. The Balaban J connectivity index is 0.00000264. The first kappa shape index (κ1) is 23.4. The predicted octanol–water partition coefficient (Wildman–Crippen LogP) is 4.66. The van der Waals surface area contributed by atoms with Crippen molar-refractivity contribution in [3.8, 4) is 5.75 Å². The van der Waals surface area contributed by atoms with Crippen LogP contribution in [0.5, 0.6) is 5.75 Å². The van der Waals surface area contributed by atoms with Gasteiger partial charge >= 0.3 is 6.61 Å². The summed E-state index contributed by atoms with van der Waals surface area (Å²) in [5.74, 6) is 0.317. The lowest BCUT2D eigenvalue weighted by Gasteiger charge is -2.36. The smallest absolute Gasteiger partial charge is 0.387 e. The first-order valence-corrected chi connectivity index (χ1v) is 8.21. The van der Waals surface area contributed by atoms with Crippen molar-refractivity contribution < 1.29 is 13.5 Å². The molecule has 1 N–H and O–H groups in total.